The van der Waals surface area contributed by atoms with Crippen molar-refractivity contribution in [1.29, 1.82) is 0 Å². The molecule has 11 heteroatoms. The summed E-state index contributed by atoms with van der Waals surface area (Å²) in [4.78, 5) is 52.0. The molecule has 1 heterocycles. The molecule has 3 N–H and O–H groups in total. The van der Waals surface area contributed by atoms with E-state index in [0.29, 0.717) is 5.56 Å². The first-order valence-electron chi connectivity index (χ1n) is 10.7. The molecule has 1 saturated heterocycles. The number of benzene rings is 2. The van der Waals surface area contributed by atoms with Crippen molar-refractivity contribution in [3.05, 3.63) is 83.1 Å². The van der Waals surface area contributed by atoms with Gasteiger partial charge in [-0.1, -0.05) is 42.5 Å². The summed E-state index contributed by atoms with van der Waals surface area (Å²) in [6.07, 6.45) is -3.69. The van der Waals surface area contributed by atoms with E-state index in [1.807, 2.05) is 0 Å². The van der Waals surface area contributed by atoms with Crippen LogP contribution in [-0.2, 0) is 15.8 Å². The largest absolute Gasteiger partial charge is 0.417 e. The molecule has 0 aliphatic carbocycles. The minimum atomic E-state index is -4.66. The van der Waals surface area contributed by atoms with Crippen molar-refractivity contribution < 1.29 is 32.3 Å². The molecule has 8 nitrogen and oxygen atoms in total. The summed E-state index contributed by atoms with van der Waals surface area (Å²) in [5.41, 5.74) is 4.19. The molecule has 3 rings (SSSR count). The Bertz CT molecular complexity index is 1140. The molecule has 0 radical (unpaired) electrons. The van der Waals surface area contributed by atoms with Crippen molar-refractivity contribution in [1.82, 2.24) is 15.1 Å². The van der Waals surface area contributed by atoms with E-state index in [1.54, 1.807) is 30.3 Å². The lowest BCUT2D eigenvalue weighted by Crippen LogP contribution is -2.53. The molecule has 0 aromatic heterocycles. The van der Waals surface area contributed by atoms with Gasteiger partial charge in [0.2, 0.25) is 5.91 Å². The van der Waals surface area contributed by atoms with Gasteiger partial charge in [-0.3, -0.25) is 19.2 Å². The monoisotopic (exact) mass is 488 g/mol. The number of piperazine rings is 1. The van der Waals surface area contributed by atoms with E-state index in [4.69, 9.17) is 5.73 Å². The van der Waals surface area contributed by atoms with Gasteiger partial charge in [-0.05, 0) is 12.1 Å². The summed E-state index contributed by atoms with van der Waals surface area (Å²) >= 11 is 0. The highest BCUT2D eigenvalue weighted by Crippen LogP contribution is 2.32. The molecule has 0 spiro atoms. The molecule has 2 aromatic carbocycles. The first-order chi connectivity index (χ1) is 16.6. The first kappa shape index (κ1) is 25.5. The third-order valence-electron chi connectivity index (χ3n) is 5.39. The van der Waals surface area contributed by atoms with Crippen LogP contribution in [0.1, 0.15) is 26.3 Å². The number of halogens is 3. The van der Waals surface area contributed by atoms with Gasteiger partial charge in [-0.25, -0.2) is 0 Å². The van der Waals surface area contributed by atoms with Crippen molar-refractivity contribution in [2.75, 3.05) is 32.7 Å². The summed E-state index contributed by atoms with van der Waals surface area (Å²) in [6.45, 7) is -0.132. The molecular formula is C24H23F3N4O4. The average Bonchev–Trinajstić information content (AvgIpc) is 2.86. The van der Waals surface area contributed by atoms with Gasteiger partial charge >= 0.3 is 6.18 Å². The van der Waals surface area contributed by atoms with E-state index >= 15 is 0 Å². The summed E-state index contributed by atoms with van der Waals surface area (Å²) in [6, 6.07) is 12.7. The second-order valence-electron chi connectivity index (χ2n) is 7.73. The number of nitrogens with zero attached hydrogens (tertiary/aromatic N) is 2. The SMILES string of the molecule is NC(=CC(=O)c1ccccc1)C(=O)NCC(=O)N1CCN(C(=O)c2ccccc2C(F)(F)F)CC1. The number of allylic oxidation sites excluding steroid dienone is 1. The van der Waals surface area contributed by atoms with Crippen LogP contribution >= 0.6 is 0 Å². The Morgan fingerprint density at radius 2 is 1.46 bits per heavy atom. The predicted molar refractivity (Wildman–Crippen MR) is 120 cm³/mol. The van der Waals surface area contributed by atoms with Gasteiger partial charge in [0, 0.05) is 37.8 Å². The molecular weight excluding hydrogens is 465 g/mol. The Kier molecular flexibility index (Phi) is 7.90. The number of amides is 3. The lowest BCUT2D eigenvalue weighted by molar-refractivity contribution is -0.138. The van der Waals surface area contributed by atoms with Gasteiger partial charge in [0.05, 0.1) is 17.7 Å². The van der Waals surface area contributed by atoms with Crippen molar-refractivity contribution in [2.45, 2.75) is 6.18 Å². The summed E-state index contributed by atoms with van der Waals surface area (Å²) in [5.74, 6) is -2.47. The van der Waals surface area contributed by atoms with Crippen LogP contribution in [-0.4, -0.2) is 66.0 Å². The Morgan fingerprint density at radius 1 is 0.886 bits per heavy atom. The quantitative estimate of drug-likeness (QED) is 0.476. The zero-order valence-corrected chi connectivity index (χ0v) is 18.5. The van der Waals surface area contributed by atoms with E-state index in [2.05, 4.69) is 5.32 Å². The number of alkyl halides is 3. The predicted octanol–water partition coefficient (Wildman–Crippen LogP) is 1.83. The van der Waals surface area contributed by atoms with Gasteiger partial charge < -0.3 is 20.9 Å². The van der Waals surface area contributed by atoms with Crippen LogP contribution < -0.4 is 11.1 Å². The maximum atomic E-state index is 13.2. The van der Waals surface area contributed by atoms with E-state index < -0.39 is 47.4 Å². The molecule has 3 amide bonds. The topological polar surface area (TPSA) is 113 Å². The number of carbonyl (C=O) groups is 4. The van der Waals surface area contributed by atoms with Crippen molar-refractivity contribution in [3.63, 3.8) is 0 Å². The van der Waals surface area contributed by atoms with E-state index in [1.165, 1.54) is 21.9 Å². The third kappa shape index (κ3) is 6.46. The van der Waals surface area contributed by atoms with Crippen molar-refractivity contribution >= 4 is 23.5 Å². The molecule has 1 aliphatic rings. The fraction of sp³-hybridized carbons (Fsp3) is 0.250. The maximum Gasteiger partial charge on any atom is 0.417 e. The highest BCUT2D eigenvalue weighted by Gasteiger charge is 2.36. The second kappa shape index (κ2) is 10.9. The zero-order valence-electron chi connectivity index (χ0n) is 18.5. The summed E-state index contributed by atoms with van der Waals surface area (Å²) in [5, 5.41) is 2.34. The number of rotatable bonds is 6. The Labute approximate surface area is 199 Å². The van der Waals surface area contributed by atoms with Gasteiger partial charge in [0.15, 0.2) is 5.78 Å². The van der Waals surface area contributed by atoms with Crippen LogP contribution in [0, 0.1) is 0 Å². The van der Waals surface area contributed by atoms with Crippen LogP contribution in [0.3, 0.4) is 0 Å². The van der Waals surface area contributed by atoms with Gasteiger partial charge in [0.25, 0.3) is 11.8 Å². The Morgan fingerprint density at radius 3 is 2.09 bits per heavy atom. The Balaban J connectivity index is 1.51. The minimum absolute atomic E-state index is 0.0400. The Hall–Kier alpha value is -4.15. The molecule has 0 bridgehead atoms. The summed E-state index contributed by atoms with van der Waals surface area (Å²) < 4.78 is 39.7. The van der Waals surface area contributed by atoms with Crippen LogP contribution in [0.4, 0.5) is 13.2 Å². The van der Waals surface area contributed by atoms with Crippen molar-refractivity contribution in [3.8, 4) is 0 Å². The number of nitrogens with one attached hydrogen (secondary N) is 1. The fourth-order valence-corrected chi connectivity index (χ4v) is 3.51. The molecule has 35 heavy (non-hydrogen) atoms. The average molecular weight is 488 g/mol. The highest BCUT2D eigenvalue weighted by atomic mass is 19.4. The zero-order chi connectivity index (χ0) is 25.6. The first-order valence-corrected chi connectivity index (χ1v) is 10.7. The van der Waals surface area contributed by atoms with E-state index in [-0.39, 0.29) is 31.9 Å². The number of carbonyl (C=O) groups excluding carboxylic acids is 4. The van der Waals surface area contributed by atoms with Gasteiger partial charge in [-0.2, -0.15) is 13.2 Å². The maximum absolute atomic E-state index is 13.2. The standard InChI is InChI=1S/C24H23F3N4O4/c25-24(26,27)18-9-5-4-8-17(18)23(35)31-12-10-30(11-13-31)21(33)15-29-22(34)19(28)14-20(32)16-6-2-1-3-7-16/h1-9,14H,10-13,15,28H2,(H,29,34). The van der Waals surface area contributed by atoms with E-state index in [9.17, 15) is 32.3 Å². The number of hydrogen-bond acceptors (Lipinski definition) is 5. The minimum Gasteiger partial charge on any atom is -0.394 e. The number of ketones is 1. The lowest BCUT2D eigenvalue weighted by Gasteiger charge is -2.35. The molecule has 1 fully saturated rings. The van der Waals surface area contributed by atoms with Crippen LogP contribution in [0.15, 0.2) is 66.4 Å². The van der Waals surface area contributed by atoms with E-state index in [0.717, 1.165) is 18.2 Å². The van der Waals surface area contributed by atoms with Crippen LogP contribution in [0.25, 0.3) is 0 Å². The number of nitrogens with two attached hydrogens (primary N) is 1. The molecule has 2 aromatic rings. The van der Waals surface area contributed by atoms with Crippen LogP contribution in [0.5, 0.6) is 0 Å². The molecule has 0 saturated carbocycles. The van der Waals surface area contributed by atoms with Crippen molar-refractivity contribution in [2.24, 2.45) is 5.73 Å². The molecule has 0 atom stereocenters. The third-order valence-corrected chi connectivity index (χ3v) is 5.39. The van der Waals surface area contributed by atoms with Gasteiger partial charge in [0.1, 0.15) is 5.70 Å². The number of hydrogen-bond donors (Lipinski definition) is 2. The lowest BCUT2D eigenvalue weighted by atomic mass is 10.1. The smallest absolute Gasteiger partial charge is 0.394 e. The molecule has 0 unspecified atom stereocenters. The highest BCUT2D eigenvalue weighted by molar-refractivity contribution is 6.09. The second-order valence-corrected chi connectivity index (χ2v) is 7.73. The fourth-order valence-electron chi connectivity index (χ4n) is 3.51. The van der Waals surface area contributed by atoms with Gasteiger partial charge in [-0.15, -0.1) is 0 Å². The normalized spacial score (nSPS) is 14.4. The van der Waals surface area contributed by atoms with Crippen LogP contribution in [0.2, 0.25) is 0 Å². The molecule has 1 aliphatic heterocycles. The molecule has 184 valence electrons. The summed E-state index contributed by atoms with van der Waals surface area (Å²) in [7, 11) is 0.